The largest absolute Gasteiger partial charge is 0.372 e. The van der Waals surface area contributed by atoms with Gasteiger partial charge in [0.25, 0.3) is 11.8 Å². The molecule has 5 aliphatic rings. The molecule has 4 aromatic rings. The number of H-pyrrole nitrogens is 1. The molecule has 0 spiro atoms. The fraction of sp³-hybridized carbons (Fsp3) is 0.452. The maximum atomic E-state index is 13.3. The molecule has 4 saturated heterocycles. The Kier molecular flexibility index (Phi) is 9.51. The smallest absolute Gasteiger partial charge is 0.256 e. The van der Waals surface area contributed by atoms with Crippen molar-refractivity contribution in [3.63, 3.8) is 0 Å². The van der Waals surface area contributed by atoms with E-state index in [-0.39, 0.29) is 30.0 Å². The highest BCUT2D eigenvalue weighted by Gasteiger charge is 2.39. The number of nitrogens with one attached hydrogen (secondary N) is 3. The number of carbonyl (C=O) groups excluding carboxylic acids is 4. The molecule has 2 aromatic heterocycles. The van der Waals surface area contributed by atoms with Crippen LogP contribution in [0.3, 0.4) is 0 Å². The Morgan fingerprint density at radius 1 is 0.855 bits per heavy atom. The van der Waals surface area contributed by atoms with Gasteiger partial charge in [-0.05, 0) is 99.6 Å². The standard InChI is InChI=1S/C42H49N9O4/c1-47-13-3-6-36(47)35-22-29-24-43-38(23-34(29)44-35)45-40(53)28-4-2-5-31(20-28)50-18-16-48(17-19-50)25-27-11-14-49(15-12-27)32-7-8-33-30(21-32)26-51(42(33)55)37-9-10-39(52)46-41(37)54/h2,4-5,7-8,20-24,27,36-37,44H,3,6,9-19,25-26H2,1H3,(H,43,45,53)(H,46,52,54)/t36-,37?/m1/s1. The first-order valence-corrected chi connectivity index (χ1v) is 19.9. The van der Waals surface area contributed by atoms with Crippen molar-refractivity contribution in [1.82, 2.24) is 30.0 Å². The lowest BCUT2D eigenvalue weighted by Gasteiger charge is -2.40. The van der Waals surface area contributed by atoms with Crippen molar-refractivity contribution in [2.24, 2.45) is 5.92 Å². The summed E-state index contributed by atoms with van der Waals surface area (Å²) in [6.07, 6.45) is 7.03. The molecule has 4 fully saturated rings. The van der Waals surface area contributed by atoms with Crippen molar-refractivity contribution < 1.29 is 19.2 Å². The van der Waals surface area contributed by atoms with E-state index in [1.165, 1.54) is 12.1 Å². The van der Waals surface area contributed by atoms with E-state index >= 15 is 0 Å². The van der Waals surface area contributed by atoms with Gasteiger partial charge >= 0.3 is 0 Å². The second-order valence-corrected chi connectivity index (χ2v) is 16.0. The lowest BCUT2D eigenvalue weighted by Crippen LogP contribution is -2.52. The number of amides is 4. The van der Waals surface area contributed by atoms with E-state index in [2.05, 4.69) is 65.4 Å². The highest BCUT2D eigenvalue weighted by atomic mass is 16.2. The fourth-order valence-electron chi connectivity index (χ4n) is 9.32. The Morgan fingerprint density at radius 3 is 2.44 bits per heavy atom. The van der Waals surface area contributed by atoms with E-state index in [1.54, 1.807) is 4.90 Å². The number of hydrogen-bond donors (Lipinski definition) is 3. The zero-order valence-corrected chi connectivity index (χ0v) is 31.4. The number of piperidine rings is 2. The predicted octanol–water partition coefficient (Wildman–Crippen LogP) is 4.38. The van der Waals surface area contributed by atoms with Gasteiger partial charge in [-0.25, -0.2) is 4.98 Å². The summed E-state index contributed by atoms with van der Waals surface area (Å²) in [5, 5.41) is 6.45. The first kappa shape index (κ1) is 35.4. The number of carbonyl (C=O) groups is 4. The molecule has 13 heteroatoms. The van der Waals surface area contributed by atoms with Crippen molar-refractivity contribution in [3.05, 3.63) is 83.2 Å². The van der Waals surface area contributed by atoms with Crippen LogP contribution in [0.15, 0.2) is 60.8 Å². The molecule has 7 heterocycles. The topological polar surface area (TPSA) is 137 Å². The Balaban J connectivity index is 0.746. The number of rotatable bonds is 8. The first-order valence-electron chi connectivity index (χ1n) is 19.9. The molecule has 13 nitrogen and oxygen atoms in total. The van der Waals surface area contributed by atoms with Crippen LogP contribution in [-0.2, 0) is 16.1 Å². The zero-order valence-electron chi connectivity index (χ0n) is 31.4. The Bertz CT molecular complexity index is 2130. The van der Waals surface area contributed by atoms with Crippen molar-refractivity contribution in [3.8, 4) is 0 Å². The molecule has 2 atom stereocenters. The molecule has 4 amide bonds. The number of hydrogen-bond acceptors (Lipinski definition) is 9. The van der Waals surface area contributed by atoms with Crippen LogP contribution in [0, 0.1) is 5.92 Å². The normalized spacial score (nSPS) is 22.8. The minimum Gasteiger partial charge on any atom is -0.372 e. The second kappa shape index (κ2) is 14.8. The quantitative estimate of drug-likeness (QED) is 0.225. The summed E-state index contributed by atoms with van der Waals surface area (Å²) in [6, 6.07) is 17.9. The van der Waals surface area contributed by atoms with Crippen LogP contribution in [0.2, 0.25) is 0 Å². The average molecular weight is 744 g/mol. The van der Waals surface area contributed by atoms with Crippen LogP contribution in [0.5, 0.6) is 0 Å². The van der Waals surface area contributed by atoms with E-state index in [0.717, 1.165) is 99.5 Å². The summed E-state index contributed by atoms with van der Waals surface area (Å²) in [4.78, 5) is 70.0. The summed E-state index contributed by atoms with van der Waals surface area (Å²) in [5.74, 6) is 0.220. The molecule has 0 radical (unpaired) electrons. The number of nitrogens with zero attached hydrogens (tertiary/aromatic N) is 6. The molecular weight excluding hydrogens is 695 g/mol. The molecule has 5 aliphatic heterocycles. The SMILES string of the molecule is CN1CCC[C@@H]1c1cc2cnc(NC(=O)c3cccc(N4CCN(CC5CCN(c6ccc7c(c6)CN(C6CCC(=O)NC6=O)C7=O)CC5)CC4)c3)cc2[nH]1. The van der Waals surface area contributed by atoms with Crippen molar-refractivity contribution in [1.29, 1.82) is 0 Å². The number of fused-ring (bicyclic) bond motifs is 2. The maximum Gasteiger partial charge on any atom is 0.256 e. The van der Waals surface area contributed by atoms with Gasteiger partial charge in [0.2, 0.25) is 11.8 Å². The Labute approximate surface area is 321 Å². The number of aromatic amines is 1. The van der Waals surface area contributed by atoms with E-state index < -0.39 is 6.04 Å². The number of benzene rings is 2. The number of pyridine rings is 1. The van der Waals surface area contributed by atoms with Gasteiger partial charge in [-0.3, -0.25) is 34.3 Å². The monoisotopic (exact) mass is 743 g/mol. The van der Waals surface area contributed by atoms with Gasteiger partial charge in [0.1, 0.15) is 11.9 Å². The molecule has 286 valence electrons. The van der Waals surface area contributed by atoms with Gasteiger partial charge in [-0.15, -0.1) is 0 Å². The number of imide groups is 1. The minimum atomic E-state index is -0.595. The van der Waals surface area contributed by atoms with Gasteiger partial charge in [0.15, 0.2) is 0 Å². The molecule has 0 saturated carbocycles. The Hall–Kier alpha value is -5.27. The number of likely N-dealkylation sites (tertiary alicyclic amines) is 1. The van der Waals surface area contributed by atoms with Gasteiger partial charge in [0.05, 0.1) is 5.52 Å². The lowest BCUT2D eigenvalue weighted by molar-refractivity contribution is -0.136. The number of anilines is 3. The molecule has 9 rings (SSSR count). The maximum absolute atomic E-state index is 13.3. The molecular formula is C42H49N9O4. The first-order chi connectivity index (χ1) is 26.8. The van der Waals surface area contributed by atoms with Crippen molar-refractivity contribution in [2.45, 2.75) is 57.2 Å². The molecule has 0 bridgehead atoms. The summed E-state index contributed by atoms with van der Waals surface area (Å²) in [6.45, 7) is 8.33. The van der Waals surface area contributed by atoms with Gasteiger partial charge in [-0.2, -0.15) is 0 Å². The summed E-state index contributed by atoms with van der Waals surface area (Å²) >= 11 is 0. The van der Waals surface area contributed by atoms with Crippen LogP contribution < -0.4 is 20.4 Å². The third-order valence-corrected chi connectivity index (χ3v) is 12.5. The van der Waals surface area contributed by atoms with Crippen LogP contribution >= 0.6 is 0 Å². The molecule has 0 aliphatic carbocycles. The van der Waals surface area contributed by atoms with Crippen LogP contribution in [0.4, 0.5) is 17.2 Å². The summed E-state index contributed by atoms with van der Waals surface area (Å²) in [5.41, 5.74) is 6.60. The molecule has 1 unspecified atom stereocenters. The lowest BCUT2D eigenvalue weighted by atomic mass is 9.95. The summed E-state index contributed by atoms with van der Waals surface area (Å²) < 4.78 is 0. The highest BCUT2D eigenvalue weighted by molar-refractivity contribution is 6.06. The van der Waals surface area contributed by atoms with E-state index in [4.69, 9.17) is 0 Å². The van der Waals surface area contributed by atoms with Gasteiger partial charge < -0.3 is 25.0 Å². The number of piperazine rings is 1. The van der Waals surface area contributed by atoms with Gasteiger partial charge in [0, 0.05) is 111 Å². The number of aromatic nitrogens is 2. The third-order valence-electron chi connectivity index (χ3n) is 12.5. The van der Waals surface area contributed by atoms with Crippen LogP contribution in [0.1, 0.15) is 76.5 Å². The van der Waals surface area contributed by atoms with E-state index in [9.17, 15) is 19.2 Å². The van der Waals surface area contributed by atoms with Crippen LogP contribution in [-0.4, -0.2) is 114 Å². The van der Waals surface area contributed by atoms with Crippen LogP contribution in [0.25, 0.3) is 10.9 Å². The minimum absolute atomic E-state index is 0.131. The van der Waals surface area contributed by atoms with E-state index in [1.807, 2.05) is 42.6 Å². The molecule has 3 N–H and O–H groups in total. The van der Waals surface area contributed by atoms with Crippen molar-refractivity contribution >= 4 is 51.7 Å². The second-order valence-electron chi connectivity index (χ2n) is 16.0. The average Bonchev–Trinajstić information content (AvgIpc) is 3.91. The van der Waals surface area contributed by atoms with E-state index in [0.29, 0.717) is 41.9 Å². The fourth-order valence-corrected chi connectivity index (χ4v) is 9.32. The molecule has 55 heavy (non-hydrogen) atoms. The highest BCUT2D eigenvalue weighted by Crippen LogP contribution is 2.34. The third kappa shape index (κ3) is 7.18. The molecule has 2 aromatic carbocycles. The zero-order chi connectivity index (χ0) is 37.6. The summed E-state index contributed by atoms with van der Waals surface area (Å²) in [7, 11) is 2.17. The Morgan fingerprint density at radius 2 is 1.65 bits per heavy atom. The predicted molar refractivity (Wildman–Crippen MR) is 211 cm³/mol. The van der Waals surface area contributed by atoms with Gasteiger partial charge in [-0.1, -0.05) is 6.07 Å². The van der Waals surface area contributed by atoms with Crippen molar-refractivity contribution in [2.75, 3.05) is 74.5 Å².